The van der Waals surface area contributed by atoms with Crippen LogP contribution in [-0.4, -0.2) is 5.11 Å². The van der Waals surface area contributed by atoms with E-state index in [1.54, 1.807) is 6.07 Å². The van der Waals surface area contributed by atoms with Gasteiger partial charge in [-0.15, -0.1) is 0 Å². The Bertz CT molecular complexity index is 319. The Morgan fingerprint density at radius 2 is 1.26 bits per heavy atom. The summed E-state index contributed by atoms with van der Waals surface area (Å²) in [5.74, 6) is 0.457. The fourth-order valence-corrected chi connectivity index (χ4v) is 2.53. The van der Waals surface area contributed by atoms with Crippen LogP contribution < -0.4 is 0 Å². The highest BCUT2D eigenvalue weighted by molar-refractivity contribution is 5.31. The molecule has 0 saturated heterocycles. The van der Waals surface area contributed by atoms with Crippen LogP contribution in [0.4, 0.5) is 0 Å². The maximum absolute atomic E-state index is 9.65. The van der Waals surface area contributed by atoms with Gasteiger partial charge in [-0.2, -0.15) is 0 Å². The molecule has 19 heavy (non-hydrogen) atoms. The van der Waals surface area contributed by atoms with Gasteiger partial charge in [0.2, 0.25) is 0 Å². The summed E-state index contributed by atoms with van der Waals surface area (Å²) < 4.78 is 0. The monoisotopic (exact) mass is 262 g/mol. The first-order valence-electron chi connectivity index (χ1n) is 8.11. The molecule has 0 fully saturated rings. The highest BCUT2D eigenvalue weighted by Crippen LogP contribution is 2.19. The second-order valence-corrected chi connectivity index (χ2v) is 5.56. The van der Waals surface area contributed by atoms with Crippen molar-refractivity contribution in [2.45, 2.75) is 77.6 Å². The van der Waals surface area contributed by atoms with Gasteiger partial charge in [0.15, 0.2) is 0 Å². The van der Waals surface area contributed by atoms with Crippen molar-refractivity contribution in [2.24, 2.45) is 0 Å². The van der Waals surface area contributed by atoms with Crippen LogP contribution in [0.15, 0.2) is 24.3 Å². The Balaban J connectivity index is 1.90. The average molecular weight is 262 g/mol. The third-order valence-electron chi connectivity index (χ3n) is 3.79. The second-order valence-electron chi connectivity index (χ2n) is 5.56. The van der Waals surface area contributed by atoms with Crippen molar-refractivity contribution < 1.29 is 5.11 Å². The number of unbranched alkanes of at least 4 members (excludes halogenated alkanes) is 9. The Labute approximate surface area is 119 Å². The number of aryl methyl sites for hydroxylation is 1. The van der Waals surface area contributed by atoms with Gasteiger partial charge in [0.05, 0.1) is 0 Å². The molecule has 1 rings (SSSR count). The molecule has 0 saturated carbocycles. The zero-order valence-corrected chi connectivity index (χ0v) is 12.5. The highest BCUT2D eigenvalue weighted by atomic mass is 16.3. The van der Waals surface area contributed by atoms with Crippen LogP contribution in [0.3, 0.4) is 0 Å². The van der Waals surface area contributed by atoms with Crippen molar-refractivity contribution in [2.75, 3.05) is 0 Å². The molecule has 0 aliphatic carbocycles. The Hall–Kier alpha value is -0.980. The van der Waals surface area contributed by atoms with E-state index in [1.807, 2.05) is 18.2 Å². The lowest BCUT2D eigenvalue weighted by atomic mass is 10.0. The van der Waals surface area contributed by atoms with Crippen LogP contribution in [0, 0.1) is 0 Å². The van der Waals surface area contributed by atoms with Gasteiger partial charge in [0, 0.05) is 0 Å². The molecular formula is C18H30O. The number of hydrogen-bond donors (Lipinski definition) is 1. The molecule has 0 spiro atoms. The smallest absolute Gasteiger partial charge is 0.118 e. The number of hydrogen-bond acceptors (Lipinski definition) is 1. The van der Waals surface area contributed by atoms with Crippen LogP contribution >= 0.6 is 0 Å². The third-order valence-corrected chi connectivity index (χ3v) is 3.79. The molecule has 0 atom stereocenters. The minimum Gasteiger partial charge on any atom is -0.508 e. The lowest BCUT2D eigenvalue weighted by molar-refractivity contribution is 0.466. The largest absolute Gasteiger partial charge is 0.508 e. The number of aromatic hydroxyl groups is 1. The van der Waals surface area contributed by atoms with E-state index in [1.165, 1.54) is 64.2 Å². The van der Waals surface area contributed by atoms with Gasteiger partial charge >= 0.3 is 0 Å². The molecule has 1 aromatic carbocycles. The zero-order valence-electron chi connectivity index (χ0n) is 12.5. The van der Waals surface area contributed by atoms with Gasteiger partial charge in [-0.3, -0.25) is 0 Å². The van der Waals surface area contributed by atoms with E-state index in [0.29, 0.717) is 5.75 Å². The molecule has 1 aromatic rings. The van der Waals surface area contributed by atoms with Crippen molar-refractivity contribution in [1.29, 1.82) is 0 Å². The van der Waals surface area contributed by atoms with E-state index in [0.717, 1.165) is 12.0 Å². The molecule has 0 aromatic heterocycles. The highest BCUT2D eigenvalue weighted by Gasteiger charge is 1.99. The molecule has 0 aliphatic rings. The third kappa shape index (κ3) is 7.92. The summed E-state index contributed by atoms with van der Waals surface area (Å²) >= 11 is 0. The van der Waals surface area contributed by atoms with Gasteiger partial charge in [0.1, 0.15) is 5.75 Å². The standard InChI is InChI=1S/C18H30O/c1-2-3-4-5-6-7-8-9-10-11-14-17-15-12-13-16-18(17)19/h12-13,15-16,19H,2-11,14H2,1H3. The first-order valence-corrected chi connectivity index (χ1v) is 8.11. The molecule has 0 bridgehead atoms. The average Bonchev–Trinajstić information content (AvgIpc) is 2.43. The van der Waals surface area contributed by atoms with Crippen molar-refractivity contribution in [3.05, 3.63) is 29.8 Å². The number of phenols is 1. The predicted octanol–water partition coefficient (Wildman–Crippen LogP) is 5.86. The summed E-state index contributed by atoms with van der Waals surface area (Å²) in [6.07, 6.45) is 14.6. The molecule has 0 amide bonds. The molecule has 1 nitrogen and oxygen atoms in total. The topological polar surface area (TPSA) is 20.2 Å². The van der Waals surface area contributed by atoms with E-state index < -0.39 is 0 Å². The van der Waals surface area contributed by atoms with Crippen LogP contribution in [0.25, 0.3) is 0 Å². The van der Waals surface area contributed by atoms with Gasteiger partial charge in [-0.25, -0.2) is 0 Å². The summed E-state index contributed by atoms with van der Waals surface area (Å²) in [7, 11) is 0. The van der Waals surface area contributed by atoms with Crippen LogP contribution in [-0.2, 0) is 6.42 Å². The Kier molecular flexibility index (Phi) is 9.22. The maximum Gasteiger partial charge on any atom is 0.118 e. The normalized spacial score (nSPS) is 10.8. The summed E-state index contributed by atoms with van der Waals surface area (Å²) in [5, 5.41) is 9.65. The van der Waals surface area contributed by atoms with Crippen molar-refractivity contribution in [3.63, 3.8) is 0 Å². The predicted molar refractivity (Wildman–Crippen MR) is 83.7 cm³/mol. The van der Waals surface area contributed by atoms with Gasteiger partial charge < -0.3 is 5.11 Å². The molecule has 0 unspecified atom stereocenters. The number of benzene rings is 1. The first kappa shape index (κ1) is 16.1. The van der Waals surface area contributed by atoms with E-state index in [-0.39, 0.29) is 0 Å². The summed E-state index contributed by atoms with van der Waals surface area (Å²) in [4.78, 5) is 0. The lowest BCUT2D eigenvalue weighted by Gasteiger charge is -2.04. The van der Waals surface area contributed by atoms with Crippen LogP contribution in [0.2, 0.25) is 0 Å². The lowest BCUT2D eigenvalue weighted by Crippen LogP contribution is -1.87. The molecule has 1 N–H and O–H groups in total. The molecule has 0 heterocycles. The van der Waals surface area contributed by atoms with E-state index >= 15 is 0 Å². The van der Waals surface area contributed by atoms with E-state index in [9.17, 15) is 5.11 Å². The number of para-hydroxylation sites is 1. The second kappa shape index (κ2) is 10.9. The van der Waals surface area contributed by atoms with Crippen molar-refractivity contribution >= 4 is 0 Å². The minimum absolute atomic E-state index is 0.457. The minimum atomic E-state index is 0.457. The molecule has 0 radical (unpaired) electrons. The van der Waals surface area contributed by atoms with E-state index in [4.69, 9.17) is 0 Å². The van der Waals surface area contributed by atoms with Gasteiger partial charge in [-0.1, -0.05) is 82.9 Å². The zero-order chi connectivity index (χ0) is 13.8. The number of rotatable bonds is 11. The Morgan fingerprint density at radius 3 is 1.84 bits per heavy atom. The van der Waals surface area contributed by atoms with Gasteiger partial charge in [-0.05, 0) is 24.5 Å². The summed E-state index contributed by atoms with van der Waals surface area (Å²) in [5.41, 5.74) is 1.10. The number of phenolic OH excluding ortho intramolecular Hbond substituents is 1. The Morgan fingerprint density at radius 1 is 0.737 bits per heavy atom. The SMILES string of the molecule is CCCCCCCCCCCCc1ccccc1O. The van der Waals surface area contributed by atoms with Gasteiger partial charge in [0.25, 0.3) is 0 Å². The van der Waals surface area contributed by atoms with E-state index in [2.05, 4.69) is 6.92 Å². The fraction of sp³-hybridized carbons (Fsp3) is 0.667. The fourth-order valence-electron chi connectivity index (χ4n) is 2.53. The summed E-state index contributed by atoms with van der Waals surface area (Å²) in [6.45, 7) is 2.27. The molecule has 108 valence electrons. The quantitative estimate of drug-likeness (QED) is 0.495. The van der Waals surface area contributed by atoms with Crippen molar-refractivity contribution in [3.8, 4) is 5.75 Å². The van der Waals surface area contributed by atoms with Crippen molar-refractivity contribution in [1.82, 2.24) is 0 Å². The van der Waals surface area contributed by atoms with Crippen LogP contribution in [0.5, 0.6) is 5.75 Å². The van der Waals surface area contributed by atoms with Crippen LogP contribution in [0.1, 0.15) is 76.7 Å². The molecule has 1 heteroatoms. The summed E-state index contributed by atoms with van der Waals surface area (Å²) in [6, 6.07) is 7.71. The maximum atomic E-state index is 9.65. The first-order chi connectivity index (χ1) is 9.34. The molecular weight excluding hydrogens is 232 g/mol. The molecule has 0 aliphatic heterocycles.